The quantitative estimate of drug-likeness (QED) is 0.635. The average molecular weight is 349 g/mol. The lowest BCUT2D eigenvalue weighted by molar-refractivity contribution is -0.124. The predicted molar refractivity (Wildman–Crippen MR) is 77.9 cm³/mol. The molecule has 1 aromatic rings. The van der Waals surface area contributed by atoms with Gasteiger partial charge < -0.3 is 5.32 Å². The van der Waals surface area contributed by atoms with Gasteiger partial charge in [-0.25, -0.2) is 4.79 Å². The van der Waals surface area contributed by atoms with Crippen molar-refractivity contribution >= 4 is 51.0 Å². The van der Waals surface area contributed by atoms with Gasteiger partial charge in [-0.05, 0) is 45.1 Å². The van der Waals surface area contributed by atoms with Crippen LogP contribution < -0.4 is 5.32 Å². The summed E-state index contributed by atoms with van der Waals surface area (Å²) in [6, 6.07) is 1.86. The zero-order valence-corrected chi connectivity index (χ0v) is 12.9. The molecule has 0 unspecified atom stereocenters. The van der Waals surface area contributed by atoms with E-state index in [9.17, 15) is 9.59 Å². The van der Waals surface area contributed by atoms with Crippen molar-refractivity contribution < 1.29 is 9.59 Å². The van der Waals surface area contributed by atoms with Crippen LogP contribution in [0.3, 0.4) is 0 Å². The second-order valence-corrected chi connectivity index (χ2v) is 7.26. The molecule has 0 aromatic carbocycles. The van der Waals surface area contributed by atoms with Gasteiger partial charge in [0, 0.05) is 12.3 Å². The lowest BCUT2D eigenvalue weighted by atomic mass is 10.4. The average Bonchev–Trinajstić information content (AvgIpc) is 2.88. The van der Waals surface area contributed by atoms with Gasteiger partial charge in [-0.1, -0.05) is 0 Å². The number of carbonyl (C=O) groups is 2. The van der Waals surface area contributed by atoms with Crippen molar-refractivity contribution in [1.82, 2.24) is 10.2 Å². The van der Waals surface area contributed by atoms with Crippen LogP contribution in [0.15, 0.2) is 15.2 Å². The molecule has 0 saturated carbocycles. The summed E-state index contributed by atoms with van der Waals surface area (Å²) < 4.78 is 1.15. The second-order valence-electron chi connectivity index (χ2n) is 3.87. The molecular formula is C11H13BrN2O2S2. The van der Waals surface area contributed by atoms with E-state index in [1.54, 1.807) is 11.3 Å². The van der Waals surface area contributed by atoms with Gasteiger partial charge in [0.25, 0.3) is 0 Å². The Morgan fingerprint density at radius 2 is 2.33 bits per heavy atom. The van der Waals surface area contributed by atoms with Crippen LogP contribution in [-0.4, -0.2) is 35.7 Å². The van der Waals surface area contributed by atoms with E-state index in [4.69, 9.17) is 0 Å². The fourth-order valence-corrected chi connectivity index (χ4v) is 3.81. The van der Waals surface area contributed by atoms with E-state index in [1.165, 1.54) is 10.5 Å². The van der Waals surface area contributed by atoms with Crippen molar-refractivity contribution in [2.75, 3.05) is 18.8 Å². The number of urea groups is 1. The maximum absolute atomic E-state index is 11.3. The summed E-state index contributed by atoms with van der Waals surface area (Å²) in [5.74, 6) is 1.80. The summed E-state index contributed by atoms with van der Waals surface area (Å²) in [5.41, 5.74) is 1.31. The van der Waals surface area contributed by atoms with Crippen molar-refractivity contribution in [3.8, 4) is 0 Å². The van der Waals surface area contributed by atoms with Gasteiger partial charge >= 0.3 is 6.03 Å². The molecule has 1 aliphatic rings. The summed E-state index contributed by atoms with van der Waals surface area (Å²) in [4.78, 5) is 23.9. The number of amides is 3. The fourth-order valence-electron chi connectivity index (χ4n) is 1.62. The minimum Gasteiger partial charge on any atom is -0.329 e. The Bertz CT molecular complexity index is 434. The van der Waals surface area contributed by atoms with E-state index in [0.29, 0.717) is 6.54 Å². The Hall–Kier alpha value is -0.530. The van der Waals surface area contributed by atoms with Crippen molar-refractivity contribution in [2.24, 2.45) is 0 Å². The minimum absolute atomic E-state index is 0.119. The Morgan fingerprint density at radius 3 is 2.94 bits per heavy atom. The van der Waals surface area contributed by atoms with Gasteiger partial charge in [0.2, 0.25) is 5.91 Å². The van der Waals surface area contributed by atoms with Gasteiger partial charge in [-0.15, -0.1) is 11.3 Å². The molecule has 1 saturated heterocycles. The zero-order valence-electron chi connectivity index (χ0n) is 9.65. The van der Waals surface area contributed by atoms with Crippen molar-refractivity contribution in [1.29, 1.82) is 0 Å². The second kappa shape index (κ2) is 6.58. The largest absolute Gasteiger partial charge is 0.329 e. The van der Waals surface area contributed by atoms with Gasteiger partial charge in [-0.2, -0.15) is 11.8 Å². The third-order valence-electron chi connectivity index (χ3n) is 2.50. The molecule has 2 rings (SSSR count). The maximum atomic E-state index is 11.3. The lowest BCUT2D eigenvalue weighted by Crippen LogP contribution is -2.32. The van der Waals surface area contributed by atoms with E-state index in [1.807, 2.05) is 11.8 Å². The summed E-state index contributed by atoms with van der Waals surface area (Å²) in [5, 5.41) is 4.65. The van der Waals surface area contributed by atoms with E-state index in [0.717, 1.165) is 21.7 Å². The number of thiophene rings is 1. The number of imide groups is 1. The lowest BCUT2D eigenvalue weighted by Gasteiger charge is -2.11. The van der Waals surface area contributed by atoms with Crippen LogP contribution in [-0.2, 0) is 10.5 Å². The van der Waals surface area contributed by atoms with Crippen molar-refractivity contribution in [2.45, 2.75) is 12.2 Å². The van der Waals surface area contributed by atoms with E-state index < -0.39 is 0 Å². The fraction of sp³-hybridized carbons (Fsp3) is 0.455. The van der Waals surface area contributed by atoms with Gasteiger partial charge in [0.05, 0.1) is 10.3 Å². The number of thioether (sulfide) groups is 1. The van der Waals surface area contributed by atoms with Crippen LogP contribution in [0.2, 0.25) is 0 Å². The molecule has 1 N–H and O–H groups in total. The summed E-state index contributed by atoms with van der Waals surface area (Å²) in [6.45, 7) is 0.667. The van der Waals surface area contributed by atoms with Crippen LogP contribution in [0, 0.1) is 0 Å². The minimum atomic E-state index is -0.258. The Balaban J connectivity index is 1.61. The van der Waals surface area contributed by atoms with Gasteiger partial charge in [0.1, 0.15) is 0 Å². The number of hydrogen-bond donors (Lipinski definition) is 1. The summed E-state index contributed by atoms with van der Waals surface area (Å²) in [6.07, 6.45) is 0.842. The predicted octanol–water partition coefficient (Wildman–Crippen LogP) is 2.69. The number of rotatable bonds is 6. The van der Waals surface area contributed by atoms with Crippen LogP contribution in [0.4, 0.5) is 4.79 Å². The molecule has 0 bridgehead atoms. The highest BCUT2D eigenvalue weighted by Gasteiger charge is 2.27. The molecule has 1 aromatic heterocycles. The van der Waals surface area contributed by atoms with Crippen LogP contribution in [0.1, 0.15) is 12.0 Å². The third kappa shape index (κ3) is 3.73. The number of nitrogens with zero attached hydrogens (tertiary/aromatic N) is 1. The molecule has 0 spiro atoms. The first-order chi connectivity index (χ1) is 8.66. The Morgan fingerprint density at radius 1 is 1.50 bits per heavy atom. The van der Waals surface area contributed by atoms with Crippen LogP contribution in [0.25, 0.3) is 0 Å². The molecule has 0 radical (unpaired) electrons. The van der Waals surface area contributed by atoms with Crippen molar-refractivity contribution in [3.63, 3.8) is 0 Å². The Labute approximate surface area is 122 Å². The number of carbonyl (C=O) groups excluding carboxylic acids is 2. The molecule has 4 nitrogen and oxygen atoms in total. The highest BCUT2D eigenvalue weighted by Crippen LogP contribution is 2.24. The first-order valence-electron chi connectivity index (χ1n) is 5.55. The molecule has 2 heterocycles. The molecule has 0 aliphatic carbocycles. The van der Waals surface area contributed by atoms with Gasteiger partial charge in [0.15, 0.2) is 0 Å². The van der Waals surface area contributed by atoms with E-state index >= 15 is 0 Å². The molecule has 0 atom stereocenters. The standard InChI is InChI=1S/C11H13BrN2O2S2/c12-9-4-8(7-18-9)6-17-3-1-2-14-10(15)5-13-11(14)16/h4,7H,1-3,5-6H2,(H,13,16). The van der Waals surface area contributed by atoms with Gasteiger partial charge in [-0.3, -0.25) is 9.69 Å². The topological polar surface area (TPSA) is 49.4 Å². The molecule has 18 heavy (non-hydrogen) atoms. The number of nitrogens with one attached hydrogen (secondary N) is 1. The molecule has 1 aliphatic heterocycles. The first kappa shape index (κ1) is 13.9. The normalized spacial score (nSPS) is 15.3. The first-order valence-corrected chi connectivity index (χ1v) is 8.38. The number of halogens is 1. The van der Waals surface area contributed by atoms with Crippen LogP contribution in [0.5, 0.6) is 0 Å². The Kier molecular flexibility index (Phi) is 5.08. The molecular weight excluding hydrogens is 336 g/mol. The van der Waals surface area contributed by atoms with Crippen LogP contribution >= 0.6 is 39.0 Å². The summed E-state index contributed by atoms with van der Waals surface area (Å²) >= 11 is 6.94. The van der Waals surface area contributed by atoms with E-state index in [-0.39, 0.29) is 18.5 Å². The highest BCUT2D eigenvalue weighted by atomic mass is 79.9. The van der Waals surface area contributed by atoms with Crippen molar-refractivity contribution in [3.05, 3.63) is 20.8 Å². The highest BCUT2D eigenvalue weighted by molar-refractivity contribution is 9.11. The monoisotopic (exact) mass is 348 g/mol. The molecule has 3 amide bonds. The third-order valence-corrected chi connectivity index (χ3v) is 5.17. The maximum Gasteiger partial charge on any atom is 0.324 e. The summed E-state index contributed by atoms with van der Waals surface area (Å²) in [7, 11) is 0. The molecule has 1 fully saturated rings. The number of hydrogen-bond acceptors (Lipinski definition) is 4. The molecule has 7 heteroatoms. The molecule has 98 valence electrons. The van der Waals surface area contributed by atoms with E-state index in [2.05, 4.69) is 32.7 Å². The SMILES string of the molecule is O=C1CNC(=O)N1CCCSCc1csc(Br)c1. The smallest absolute Gasteiger partial charge is 0.324 e. The zero-order chi connectivity index (χ0) is 13.0.